The van der Waals surface area contributed by atoms with Gasteiger partial charge in [-0.15, -0.1) is 0 Å². The van der Waals surface area contributed by atoms with E-state index in [1.54, 1.807) is 19.1 Å². The average molecular weight is 616 g/mol. The van der Waals surface area contributed by atoms with Crippen LogP contribution in [-0.2, 0) is 15.8 Å². The number of rotatable bonds is 9. The molecular weight excluding hydrogens is 591 g/mol. The molecule has 3 amide bonds. The predicted molar refractivity (Wildman–Crippen MR) is 153 cm³/mol. The Morgan fingerprint density at radius 1 is 1.02 bits per heavy atom. The van der Waals surface area contributed by atoms with Crippen LogP contribution in [0.15, 0.2) is 59.5 Å². The van der Waals surface area contributed by atoms with Crippen LogP contribution in [0.25, 0.3) is 6.08 Å². The molecule has 0 bridgehead atoms. The normalized spacial score (nSPS) is 14.3. The topological polar surface area (TPSA) is 128 Å². The number of carbonyl (C=O) groups excluding carboxylic acids is 3. The average Bonchev–Trinajstić information content (AvgIpc) is 3.16. The maximum Gasteiger partial charge on any atom is 0.416 e. The van der Waals surface area contributed by atoms with Crippen molar-refractivity contribution in [3.63, 3.8) is 0 Å². The number of alkyl halides is 3. The number of benzene rings is 3. The molecule has 1 heterocycles. The lowest BCUT2D eigenvalue weighted by Gasteiger charge is -2.14. The van der Waals surface area contributed by atoms with Gasteiger partial charge in [-0.25, -0.2) is 0 Å². The van der Waals surface area contributed by atoms with E-state index in [4.69, 9.17) is 9.47 Å². The number of thioether (sulfide) groups is 1. The fourth-order valence-corrected chi connectivity index (χ4v) is 5.03. The zero-order valence-electron chi connectivity index (χ0n) is 23.0. The van der Waals surface area contributed by atoms with Crippen LogP contribution >= 0.6 is 11.8 Å². The zero-order chi connectivity index (χ0) is 31.5. The summed E-state index contributed by atoms with van der Waals surface area (Å²) in [4.78, 5) is 49.4. The molecule has 10 nitrogen and oxygen atoms in total. The highest BCUT2D eigenvalue weighted by Crippen LogP contribution is 2.41. The van der Waals surface area contributed by atoms with Crippen molar-refractivity contribution in [3.05, 3.63) is 91.9 Å². The standard InChI is InChI=1S/C29H24F3N3O7S/c1-4-41-24-12-18(5-7-23(24)42-22-8-6-19(29(30,31)32)14-21(22)35(39)40)13-25-27(37)34(28(38)43-25)15-26(36)33-20-10-16(2)9-17(3)11-20/h5-14H,4,15H2,1-3H3,(H,33,36)/b25-13+. The van der Waals surface area contributed by atoms with Crippen LogP contribution in [0.5, 0.6) is 17.2 Å². The summed E-state index contributed by atoms with van der Waals surface area (Å²) in [5.41, 5.74) is 0.704. The lowest BCUT2D eigenvalue weighted by Crippen LogP contribution is -2.36. The molecule has 224 valence electrons. The lowest BCUT2D eigenvalue weighted by atomic mass is 10.1. The summed E-state index contributed by atoms with van der Waals surface area (Å²) >= 11 is 0.644. The van der Waals surface area contributed by atoms with Crippen molar-refractivity contribution in [2.75, 3.05) is 18.5 Å². The number of anilines is 1. The molecule has 3 aromatic rings. The largest absolute Gasteiger partial charge is 0.490 e. The number of nitro groups is 1. The summed E-state index contributed by atoms with van der Waals surface area (Å²) in [6, 6.07) is 11.6. The zero-order valence-corrected chi connectivity index (χ0v) is 23.8. The Morgan fingerprint density at radius 3 is 2.33 bits per heavy atom. The first-order valence-corrected chi connectivity index (χ1v) is 13.5. The van der Waals surface area contributed by atoms with Crippen molar-refractivity contribution in [3.8, 4) is 17.2 Å². The van der Waals surface area contributed by atoms with Gasteiger partial charge in [0.05, 0.1) is 22.0 Å². The van der Waals surface area contributed by atoms with Crippen molar-refractivity contribution in [1.82, 2.24) is 4.90 Å². The van der Waals surface area contributed by atoms with E-state index >= 15 is 0 Å². The molecular formula is C29H24F3N3O7S. The van der Waals surface area contributed by atoms with Gasteiger partial charge in [0.1, 0.15) is 6.54 Å². The van der Waals surface area contributed by atoms with E-state index in [1.165, 1.54) is 24.3 Å². The van der Waals surface area contributed by atoms with Gasteiger partial charge in [0.2, 0.25) is 11.7 Å². The molecule has 0 unspecified atom stereocenters. The van der Waals surface area contributed by atoms with Crippen LogP contribution < -0.4 is 14.8 Å². The number of nitrogens with zero attached hydrogens (tertiary/aromatic N) is 2. The first-order valence-electron chi connectivity index (χ1n) is 12.7. The number of hydrogen-bond acceptors (Lipinski definition) is 8. The third kappa shape index (κ3) is 7.52. The van der Waals surface area contributed by atoms with Crippen LogP contribution in [0, 0.1) is 24.0 Å². The van der Waals surface area contributed by atoms with Gasteiger partial charge in [0, 0.05) is 11.8 Å². The van der Waals surface area contributed by atoms with Crippen molar-refractivity contribution < 1.29 is 42.0 Å². The van der Waals surface area contributed by atoms with Crippen molar-refractivity contribution >= 4 is 46.3 Å². The van der Waals surface area contributed by atoms with Gasteiger partial charge < -0.3 is 14.8 Å². The second-order valence-electron chi connectivity index (χ2n) is 9.37. The highest BCUT2D eigenvalue weighted by Gasteiger charge is 2.36. The van der Waals surface area contributed by atoms with Gasteiger partial charge in [-0.2, -0.15) is 13.2 Å². The second-order valence-corrected chi connectivity index (χ2v) is 10.4. The first-order chi connectivity index (χ1) is 20.2. The molecule has 0 aromatic heterocycles. The number of imide groups is 1. The fourth-order valence-electron chi connectivity index (χ4n) is 4.19. The summed E-state index contributed by atoms with van der Waals surface area (Å²) in [7, 11) is 0. The predicted octanol–water partition coefficient (Wildman–Crippen LogP) is 7.10. The second kappa shape index (κ2) is 12.6. The summed E-state index contributed by atoms with van der Waals surface area (Å²) in [6.07, 6.45) is -3.38. The van der Waals surface area contributed by atoms with Gasteiger partial charge in [-0.05, 0) is 91.7 Å². The van der Waals surface area contributed by atoms with E-state index in [-0.39, 0.29) is 23.0 Å². The number of aryl methyl sites for hydroxylation is 2. The number of nitrogens with one attached hydrogen (secondary N) is 1. The van der Waals surface area contributed by atoms with Crippen molar-refractivity contribution in [1.29, 1.82) is 0 Å². The molecule has 0 radical (unpaired) electrons. The minimum absolute atomic E-state index is 0.0296. The van der Waals surface area contributed by atoms with Gasteiger partial charge in [0.15, 0.2) is 11.5 Å². The van der Waals surface area contributed by atoms with Gasteiger partial charge in [0.25, 0.3) is 11.1 Å². The maximum atomic E-state index is 13.1. The van der Waals surface area contributed by atoms with E-state index in [9.17, 15) is 37.7 Å². The highest BCUT2D eigenvalue weighted by molar-refractivity contribution is 8.18. The Labute approximate surface area is 247 Å². The Hall–Kier alpha value is -4.85. The van der Waals surface area contributed by atoms with Crippen LogP contribution in [0.1, 0.15) is 29.2 Å². The third-order valence-corrected chi connectivity index (χ3v) is 6.86. The molecule has 4 rings (SSSR count). The van der Waals surface area contributed by atoms with E-state index in [0.717, 1.165) is 22.1 Å². The summed E-state index contributed by atoms with van der Waals surface area (Å²) < 4.78 is 50.3. The van der Waals surface area contributed by atoms with Gasteiger partial charge in [-0.3, -0.25) is 29.4 Å². The maximum absolute atomic E-state index is 13.1. The Kier molecular flexibility index (Phi) is 9.09. The van der Waals surface area contributed by atoms with E-state index in [0.29, 0.717) is 35.1 Å². The van der Waals surface area contributed by atoms with Crippen LogP contribution in [0.2, 0.25) is 0 Å². The number of nitro benzene ring substituents is 1. The van der Waals surface area contributed by atoms with Gasteiger partial charge >= 0.3 is 11.9 Å². The number of amides is 3. The Bertz CT molecular complexity index is 1640. The van der Waals surface area contributed by atoms with E-state index in [2.05, 4.69) is 5.32 Å². The molecule has 0 atom stereocenters. The molecule has 1 saturated heterocycles. The molecule has 14 heteroatoms. The minimum atomic E-state index is -4.79. The quantitative estimate of drug-likeness (QED) is 0.153. The molecule has 0 aliphatic carbocycles. The molecule has 1 aliphatic rings. The van der Waals surface area contributed by atoms with E-state index in [1.807, 2.05) is 19.9 Å². The molecule has 1 fully saturated rings. The first kappa shape index (κ1) is 31.1. The van der Waals surface area contributed by atoms with Crippen molar-refractivity contribution in [2.45, 2.75) is 26.9 Å². The van der Waals surface area contributed by atoms with E-state index < -0.39 is 51.7 Å². The summed E-state index contributed by atoms with van der Waals surface area (Å²) in [5, 5.41) is 13.5. The highest BCUT2D eigenvalue weighted by atomic mass is 32.2. The summed E-state index contributed by atoms with van der Waals surface area (Å²) in [6.45, 7) is 5.06. The van der Waals surface area contributed by atoms with Crippen LogP contribution in [-0.4, -0.2) is 40.0 Å². The molecule has 0 saturated carbocycles. The number of carbonyl (C=O) groups is 3. The molecule has 1 aliphatic heterocycles. The smallest absolute Gasteiger partial charge is 0.416 e. The third-order valence-electron chi connectivity index (χ3n) is 5.95. The number of hydrogen-bond donors (Lipinski definition) is 1. The minimum Gasteiger partial charge on any atom is -0.490 e. The number of halogens is 3. The SMILES string of the molecule is CCOc1cc(/C=C2/SC(=O)N(CC(=O)Nc3cc(C)cc(C)c3)C2=O)ccc1Oc1ccc(C(F)(F)F)cc1[N+](=O)[O-]. The van der Waals surface area contributed by atoms with Crippen LogP contribution in [0.3, 0.4) is 0 Å². The monoisotopic (exact) mass is 615 g/mol. The molecule has 0 spiro atoms. The molecule has 3 aromatic carbocycles. The number of ether oxygens (including phenoxy) is 2. The lowest BCUT2D eigenvalue weighted by molar-refractivity contribution is -0.385. The van der Waals surface area contributed by atoms with Crippen LogP contribution in [0.4, 0.5) is 29.3 Å². The molecule has 1 N–H and O–H groups in total. The molecule has 43 heavy (non-hydrogen) atoms. The van der Waals surface area contributed by atoms with Crippen molar-refractivity contribution in [2.24, 2.45) is 0 Å². The Balaban J connectivity index is 1.53. The Morgan fingerprint density at radius 2 is 1.70 bits per heavy atom. The van der Waals surface area contributed by atoms with Gasteiger partial charge in [-0.1, -0.05) is 12.1 Å². The summed E-state index contributed by atoms with van der Waals surface area (Å²) in [5.74, 6) is -1.61. The fraction of sp³-hybridized carbons (Fsp3) is 0.207.